The van der Waals surface area contributed by atoms with Gasteiger partial charge in [0.1, 0.15) is 5.82 Å². The second-order valence-electron chi connectivity index (χ2n) is 5.42. The lowest BCUT2D eigenvalue weighted by atomic mass is 10.0. The summed E-state index contributed by atoms with van der Waals surface area (Å²) in [5, 5.41) is 10.5. The van der Waals surface area contributed by atoms with Gasteiger partial charge in [-0.05, 0) is 26.8 Å². The molecule has 1 amide bonds. The summed E-state index contributed by atoms with van der Waals surface area (Å²) in [5.41, 5.74) is -2.19. The average molecular weight is 298 g/mol. The van der Waals surface area contributed by atoms with E-state index in [1.54, 1.807) is 20.8 Å². The molecule has 5 nitrogen and oxygen atoms in total. The number of amides is 1. The molecule has 0 N–H and O–H groups in total. The maximum absolute atomic E-state index is 13.9. The fourth-order valence-electron chi connectivity index (χ4n) is 1.78. The fraction of sp³-hybridized carbons (Fsp3) is 0.357. The van der Waals surface area contributed by atoms with Gasteiger partial charge in [-0.2, -0.15) is 4.39 Å². The van der Waals surface area contributed by atoms with Crippen LogP contribution >= 0.6 is 0 Å². The summed E-state index contributed by atoms with van der Waals surface area (Å²) in [6.45, 7) is 8.85. The van der Waals surface area contributed by atoms with Crippen LogP contribution < -0.4 is 0 Å². The number of carbonyl (C=O) groups is 1. The van der Waals surface area contributed by atoms with E-state index in [-0.39, 0.29) is 6.54 Å². The summed E-state index contributed by atoms with van der Waals surface area (Å²) in [5.74, 6) is -3.14. The number of hydrogen-bond donors (Lipinski definition) is 0. The first-order valence-electron chi connectivity index (χ1n) is 6.16. The molecule has 0 aliphatic rings. The SMILES string of the molecule is C=CCN(C(=O)c1cc(F)c([N+](=O)[O-])cc1F)C(C)(C)C. The summed E-state index contributed by atoms with van der Waals surface area (Å²) >= 11 is 0. The van der Waals surface area contributed by atoms with Gasteiger partial charge in [-0.1, -0.05) is 6.08 Å². The molecule has 21 heavy (non-hydrogen) atoms. The van der Waals surface area contributed by atoms with Gasteiger partial charge in [0, 0.05) is 12.1 Å². The van der Waals surface area contributed by atoms with Gasteiger partial charge in [0.2, 0.25) is 5.82 Å². The monoisotopic (exact) mass is 298 g/mol. The highest BCUT2D eigenvalue weighted by Gasteiger charge is 2.30. The van der Waals surface area contributed by atoms with Gasteiger partial charge < -0.3 is 4.90 Å². The maximum atomic E-state index is 13.9. The third-order valence-corrected chi connectivity index (χ3v) is 2.83. The first kappa shape index (κ1) is 16.7. The van der Waals surface area contributed by atoms with Crippen molar-refractivity contribution in [1.82, 2.24) is 4.90 Å². The standard InChI is InChI=1S/C14H16F2N2O3/c1-5-6-17(14(2,3)4)13(19)9-7-11(16)12(18(20)21)8-10(9)15/h5,7-8H,1,6H2,2-4H3. The molecule has 1 aromatic rings. The molecule has 0 unspecified atom stereocenters. The summed E-state index contributed by atoms with van der Waals surface area (Å²) in [6, 6.07) is 0.967. The van der Waals surface area contributed by atoms with E-state index in [0.717, 1.165) is 0 Å². The smallest absolute Gasteiger partial charge is 0.307 e. The number of rotatable bonds is 4. The van der Waals surface area contributed by atoms with Crippen molar-refractivity contribution in [2.24, 2.45) is 0 Å². The average Bonchev–Trinajstić information content (AvgIpc) is 2.35. The van der Waals surface area contributed by atoms with Gasteiger partial charge in [-0.15, -0.1) is 6.58 Å². The van der Waals surface area contributed by atoms with E-state index < -0.39 is 39.3 Å². The number of benzene rings is 1. The van der Waals surface area contributed by atoms with Crippen LogP contribution in [0, 0.1) is 21.7 Å². The van der Waals surface area contributed by atoms with Crippen LogP contribution in [0.3, 0.4) is 0 Å². The van der Waals surface area contributed by atoms with Crippen molar-refractivity contribution in [3.8, 4) is 0 Å². The molecule has 0 heterocycles. The molecule has 1 aromatic carbocycles. The Balaban J connectivity index is 3.32. The molecule has 0 aliphatic heterocycles. The molecule has 0 radical (unpaired) electrons. The third kappa shape index (κ3) is 3.62. The lowest BCUT2D eigenvalue weighted by molar-refractivity contribution is -0.387. The van der Waals surface area contributed by atoms with Crippen molar-refractivity contribution in [1.29, 1.82) is 0 Å². The zero-order valence-electron chi connectivity index (χ0n) is 12.0. The van der Waals surface area contributed by atoms with E-state index >= 15 is 0 Å². The van der Waals surface area contributed by atoms with Crippen LogP contribution in [0.25, 0.3) is 0 Å². The number of nitrogens with zero attached hydrogens (tertiary/aromatic N) is 2. The minimum absolute atomic E-state index is 0.139. The predicted molar refractivity (Wildman–Crippen MR) is 74.0 cm³/mol. The lowest BCUT2D eigenvalue weighted by Gasteiger charge is -2.35. The Morgan fingerprint density at radius 1 is 1.38 bits per heavy atom. The van der Waals surface area contributed by atoms with Crippen molar-refractivity contribution >= 4 is 11.6 Å². The Hall–Kier alpha value is -2.31. The Bertz CT molecular complexity index is 595. The molecule has 0 saturated heterocycles. The molecule has 0 aliphatic carbocycles. The fourth-order valence-corrected chi connectivity index (χ4v) is 1.78. The Kier molecular flexibility index (Phi) is 4.77. The Morgan fingerprint density at radius 2 is 1.95 bits per heavy atom. The summed E-state index contributed by atoms with van der Waals surface area (Å²) in [6.07, 6.45) is 1.46. The highest BCUT2D eigenvalue weighted by molar-refractivity contribution is 5.95. The van der Waals surface area contributed by atoms with E-state index in [2.05, 4.69) is 6.58 Å². The van der Waals surface area contributed by atoms with Crippen LogP contribution in [-0.2, 0) is 0 Å². The van der Waals surface area contributed by atoms with E-state index in [9.17, 15) is 23.7 Å². The van der Waals surface area contributed by atoms with Crippen molar-refractivity contribution in [3.05, 3.63) is 52.1 Å². The summed E-state index contributed by atoms with van der Waals surface area (Å²) < 4.78 is 27.5. The number of nitro benzene ring substituents is 1. The van der Waals surface area contributed by atoms with Crippen molar-refractivity contribution < 1.29 is 18.5 Å². The van der Waals surface area contributed by atoms with Crippen molar-refractivity contribution in [3.63, 3.8) is 0 Å². The molecular formula is C14H16F2N2O3. The number of nitro groups is 1. The third-order valence-electron chi connectivity index (χ3n) is 2.83. The van der Waals surface area contributed by atoms with E-state index in [1.165, 1.54) is 11.0 Å². The van der Waals surface area contributed by atoms with Crippen molar-refractivity contribution in [2.75, 3.05) is 6.54 Å². The highest BCUT2D eigenvalue weighted by Crippen LogP contribution is 2.24. The first-order chi connectivity index (χ1) is 9.59. The molecule has 0 bridgehead atoms. The normalized spacial score (nSPS) is 11.1. The summed E-state index contributed by atoms with van der Waals surface area (Å²) in [4.78, 5) is 23.1. The van der Waals surface area contributed by atoms with Gasteiger partial charge in [-0.25, -0.2) is 4.39 Å². The minimum Gasteiger partial charge on any atom is -0.330 e. The van der Waals surface area contributed by atoms with E-state index in [1.807, 2.05) is 0 Å². The van der Waals surface area contributed by atoms with Gasteiger partial charge in [0.25, 0.3) is 5.91 Å². The molecule has 0 atom stereocenters. The molecule has 1 rings (SSSR count). The van der Waals surface area contributed by atoms with Gasteiger partial charge in [-0.3, -0.25) is 14.9 Å². The summed E-state index contributed by atoms with van der Waals surface area (Å²) in [7, 11) is 0. The van der Waals surface area contributed by atoms with Crippen LogP contribution in [0.2, 0.25) is 0 Å². The molecule has 0 fully saturated rings. The number of hydrogen-bond acceptors (Lipinski definition) is 3. The van der Waals surface area contributed by atoms with Crippen LogP contribution in [0.1, 0.15) is 31.1 Å². The van der Waals surface area contributed by atoms with E-state index in [4.69, 9.17) is 0 Å². The van der Waals surface area contributed by atoms with Crippen LogP contribution in [-0.4, -0.2) is 27.8 Å². The molecule has 0 saturated carbocycles. The van der Waals surface area contributed by atoms with Gasteiger partial charge in [0.15, 0.2) is 0 Å². The second kappa shape index (κ2) is 5.99. The van der Waals surface area contributed by atoms with Gasteiger partial charge in [0.05, 0.1) is 16.6 Å². The lowest BCUT2D eigenvalue weighted by Crippen LogP contribution is -2.46. The van der Waals surface area contributed by atoms with Crippen LogP contribution in [0.15, 0.2) is 24.8 Å². The largest absolute Gasteiger partial charge is 0.330 e. The number of carbonyl (C=O) groups excluding carboxylic acids is 1. The zero-order chi connectivity index (χ0) is 16.4. The van der Waals surface area contributed by atoms with Crippen LogP contribution in [0.4, 0.5) is 14.5 Å². The van der Waals surface area contributed by atoms with Gasteiger partial charge >= 0.3 is 5.69 Å². The van der Waals surface area contributed by atoms with Crippen LogP contribution in [0.5, 0.6) is 0 Å². The molecule has 114 valence electrons. The maximum Gasteiger partial charge on any atom is 0.307 e. The number of halogens is 2. The highest BCUT2D eigenvalue weighted by atomic mass is 19.1. The second-order valence-corrected chi connectivity index (χ2v) is 5.42. The Labute approximate surface area is 121 Å². The molecular weight excluding hydrogens is 282 g/mol. The Morgan fingerprint density at radius 3 is 2.38 bits per heavy atom. The molecule has 7 heteroatoms. The minimum atomic E-state index is -1.25. The predicted octanol–water partition coefficient (Wildman–Crippen LogP) is 3.30. The molecule has 0 aromatic heterocycles. The topological polar surface area (TPSA) is 63.5 Å². The van der Waals surface area contributed by atoms with Crippen molar-refractivity contribution in [2.45, 2.75) is 26.3 Å². The first-order valence-corrected chi connectivity index (χ1v) is 6.16. The van der Waals surface area contributed by atoms with E-state index in [0.29, 0.717) is 12.1 Å². The zero-order valence-corrected chi connectivity index (χ0v) is 12.0. The molecule has 0 spiro atoms. The quantitative estimate of drug-likeness (QED) is 0.486.